The zero-order valence-corrected chi connectivity index (χ0v) is 18.9. The van der Waals surface area contributed by atoms with Gasteiger partial charge >= 0.3 is 6.18 Å². The zero-order valence-electron chi connectivity index (χ0n) is 18.9. The average Bonchev–Trinajstić information content (AvgIpc) is 3.19. The van der Waals surface area contributed by atoms with Crippen LogP contribution >= 0.6 is 0 Å². The molecule has 5 rings (SSSR count). The van der Waals surface area contributed by atoms with Crippen molar-refractivity contribution in [3.05, 3.63) is 47.2 Å². The van der Waals surface area contributed by atoms with Gasteiger partial charge in [0, 0.05) is 18.8 Å². The van der Waals surface area contributed by atoms with Crippen LogP contribution in [0.1, 0.15) is 37.7 Å². The van der Waals surface area contributed by atoms with Gasteiger partial charge in [0.05, 0.1) is 23.5 Å². The molecule has 34 heavy (non-hydrogen) atoms. The Bertz CT molecular complexity index is 1000. The van der Waals surface area contributed by atoms with Crippen LogP contribution in [-0.4, -0.2) is 60.6 Å². The number of hydrogen-bond donors (Lipinski definition) is 4. The number of hydrogen-bond acceptors (Lipinski definition) is 6. The van der Waals surface area contributed by atoms with E-state index in [4.69, 9.17) is 4.74 Å². The maximum Gasteiger partial charge on any atom is 0.406 e. The smallest absolute Gasteiger partial charge is 0.381 e. The molecule has 7 unspecified atom stereocenters. The lowest BCUT2D eigenvalue weighted by Gasteiger charge is -2.45. The van der Waals surface area contributed by atoms with E-state index < -0.39 is 36.4 Å². The van der Waals surface area contributed by atoms with Crippen molar-refractivity contribution < 1.29 is 27.5 Å². The second kappa shape index (κ2) is 8.54. The first-order valence-electron chi connectivity index (χ1n) is 11.5. The summed E-state index contributed by atoms with van der Waals surface area (Å²) < 4.78 is 47.5. The molecule has 7 atom stereocenters. The number of fused-ring (bicyclic) bond motifs is 2. The Hall–Kier alpha value is -2.63. The number of methoxy groups -OCH3 is 1. The SMILES string of the molecule is COC1CCCC2NC(C3=C(C)NC4C(c5ccccc5)C(C(F)(F)F)NN4C3=O)NC(=O)C21. The van der Waals surface area contributed by atoms with Gasteiger partial charge in [-0.3, -0.25) is 19.9 Å². The molecule has 4 aliphatic rings. The standard InChI is InChI=1S/C23H28F3N5O3/c1-11-15(19-28-13-9-6-10-14(34-2)17(13)21(32)29-19)22(33)31-20(27-11)16(12-7-4-3-5-8-12)18(30-31)23(24,25)26/h3-5,7-8,13-14,16-20,27-28,30H,6,9-10H2,1-2H3,(H,29,32). The number of benzene rings is 1. The van der Waals surface area contributed by atoms with Crippen molar-refractivity contribution in [1.82, 2.24) is 26.4 Å². The summed E-state index contributed by atoms with van der Waals surface area (Å²) in [4.78, 5) is 26.5. The minimum atomic E-state index is -4.57. The molecule has 1 aromatic carbocycles. The van der Waals surface area contributed by atoms with Gasteiger partial charge in [0.15, 0.2) is 0 Å². The number of carbonyl (C=O) groups is 2. The van der Waals surface area contributed by atoms with Gasteiger partial charge < -0.3 is 15.4 Å². The fourth-order valence-corrected chi connectivity index (χ4v) is 5.86. The largest absolute Gasteiger partial charge is 0.406 e. The Morgan fingerprint density at radius 1 is 1.06 bits per heavy atom. The number of nitrogens with zero attached hydrogens (tertiary/aromatic N) is 1. The van der Waals surface area contributed by atoms with E-state index in [0.29, 0.717) is 11.3 Å². The first-order chi connectivity index (χ1) is 16.2. The number of nitrogens with one attached hydrogen (secondary N) is 4. The normalized spacial score (nSPS) is 36.0. The molecule has 0 spiro atoms. The highest BCUT2D eigenvalue weighted by Gasteiger charge is 2.58. The van der Waals surface area contributed by atoms with Crippen molar-refractivity contribution in [2.24, 2.45) is 5.92 Å². The van der Waals surface area contributed by atoms with Crippen LogP contribution in [-0.2, 0) is 14.3 Å². The molecule has 0 aromatic heterocycles. The molecule has 1 aliphatic carbocycles. The number of halogens is 3. The van der Waals surface area contributed by atoms with E-state index in [0.717, 1.165) is 24.3 Å². The van der Waals surface area contributed by atoms with Gasteiger partial charge in [-0.25, -0.2) is 5.43 Å². The van der Waals surface area contributed by atoms with E-state index in [1.807, 2.05) is 0 Å². The molecule has 184 valence electrons. The summed E-state index contributed by atoms with van der Waals surface area (Å²) in [5.74, 6) is -2.23. The first-order valence-corrected chi connectivity index (χ1v) is 11.5. The monoisotopic (exact) mass is 479 g/mol. The van der Waals surface area contributed by atoms with E-state index >= 15 is 0 Å². The van der Waals surface area contributed by atoms with Crippen LogP contribution in [0.3, 0.4) is 0 Å². The highest BCUT2D eigenvalue weighted by Crippen LogP contribution is 2.42. The lowest BCUT2D eigenvalue weighted by Crippen LogP contribution is -2.68. The van der Waals surface area contributed by atoms with Gasteiger partial charge in [0.1, 0.15) is 18.4 Å². The number of ether oxygens (including phenoxy) is 1. The van der Waals surface area contributed by atoms with E-state index in [2.05, 4.69) is 21.4 Å². The number of carbonyl (C=O) groups excluding carboxylic acids is 2. The fourth-order valence-electron chi connectivity index (χ4n) is 5.86. The van der Waals surface area contributed by atoms with Crippen LogP contribution in [0.4, 0.5) is 13.2 Å². The minimum absolute atomic E-state index is 0.185. The Labute approximate surface area is 195 Å². The quantitative estimate of drug-likeness (QED) is 0.525. The van der Waals surface area contributed by atoms with E-state index in [1.54, 1.807) is 44.4 Å². The summed E-state index contributed by atoms with van der Waals surface area (Å²) in [5.41, 5.74) is 3.52. The van der Waals surface area contributed by atoms with Gasteiger partial charge in [-0.1, -0.05) is 30.3 Å². The van der Waals surface area contributed by atoms with Crippen LogP contribution in [0.2, 0.25) is 0 Å². The van der Waals surface area contributed by atoms with Gasteiger partial charge in [-0.15, -0.1) is 0 Å². The van der Waals surface area contributed by atoms with Gasteiger partial charge in [-0.2, -0.15) is 13.2 Å². The molecule has 11 heteroatoms. The number of alkyl halides is 3. The molecule has 2 saturated heterocycles. The predicted octanol–water partition coefficient (Wildman–Crippen LogP) is 1.48. The van der Waals surface area contributed by atoms with Gasteiger partial charge in [0.2, 0.25) is 5.91 Å². The Morgan fingerprint density at radius 3 is 2.47 bits per heavy atom. The molecular weight excluding hydrogens is 451 g/mol. The summed E-state index contributed by atoms with van der Waals surface area (Å²) in [6, 6.07) is 6.23. The van der Waals surface area contributed by atoms with Crippen molar-refractivity contribution in [3.63, 3.8) is 0 Å². The molecule has 0 bridgehead atoms. The number of rotatable bonds is 3. The second-order valence-electron chi connectivity index (χ2n) is 9.33. The zero-order chi connectivity index (χ0) is 24.2. The van der Waals surface area contributed by atoms with E-state index in [9.17, 15) is 22.8 Å². The van der Waals surface area contributed by atoms with Crippen molar-refractivity contribution in [1.29, 1.82) is 0 Å². The maximum absolute atomic E-state index is 14.0. The van der Waals surface area contributed by atoms with Crippen molar-refractivity contribution in [2.75, 3.05) is 7.11 Å². The van der Waals surface area contributed by atoms with Crippen LogP contribution in [0.15, 0.2) is 41.6 Å². The molecule has 3 aliphatic heterocycles. The van der Waals surface area contributed by atoms with Crippen LogP contribution < -0.4 is 21.4 Å². The van der Waals surface area contributed by atoms with Gasteiger partial charge in [-0.05, 0) is 31.7 Å². The first kappa shape index (κ1) is 23.1. The summed E-state index contributed by atoms with van der Waals surface area (Å²) >= 11 is 0. The van der Waals surface area contributed by atoms with E-state index in [-0.39, 0.29) is 29.5 Å². The highest BCUT2D eigenvalue weighted by molar-refractivity contribution is 5.97. The fraction of sp³-hybridized carbons (Fsp3) is 0.565. The second-order valence-corrected chi connectivity index (χ2v) is 9.33. The number of hydrazine groups is 1. The number of allylic oxidation sites excluding steroid dienone is 1. The summed E-state index contributed by atoms with van der Waals surface area (Å²) in [5, 5.41) is 10.3. The lowest BCUT2D eigenvalue weighted by atomic mass is 9.79. The summed E-state index contributed by atoms with van der Waals surface area (Å²) in [7, 11) is 1.58. The Kier molecular flexibility index (Phi) is 5.81. The molecule has 2 amide bonds. The van der Waals surface area contributed by atoms with Gasteiger partial charge in [0.25, 0.3) is 5.91 Å². The topological polar surface area (TPSA) is 94.7 Å². The van der Waals surface area contributed by atoms with Crippen LogP contribution in [0.5, 0.6) is 0 Å². The Morgan fingerprint density at radius 2 is 1.79 bits per heavy atom. The van der Waals surface area contributed by atoms with Crippen LogP contribution in [0.25, 0.3) is 0 Å². The molecule has 0 radical (unpaired) electrons. The third kappa shape index (κ3) is 3.75. The Balaban J connectivity index is 1.45. The van der Waals surface area contributed by atoms with Crippen molar-refractivity contribution in [3.8, 4) is 0 Å². The summed E-state index contributed by atoms with van der Waals surface area (Å²) in [6.45, 7) is 1.66. The van der Waals surface area contributed by atoms with E-state index in [1.165, 1.54) is 0 Å². The molecular formula is C23H28F3N5O3. The third-order valence-electron chi connectivity index (χ3n) is 7.41. The third-order valence-corrected chi connectivity index (χ3v) is 7.41. The average molecular weight is 480 g/mol. The minimum Gasteiger partial charge on any atom is -0.381 e. The molecule has 8 nitrogen and oxygen atoms in total. The highest BCUT2D eigenvalue weighted by atomic mass is 19.4. The van der Waals surface area contributed by atoms with Crippen molar-refractivity contribution in [2.45, 2.75) is 68.8 Å². The maximum atomic E-state index is 14.0. The van der Waals surface area contributed by atoms with Crippen molar-refractivity contribution >= 4 is 11.8 Å². The molecule has 1 aromatic rings. The molecule has 3 fully saturated rings. The summed E-state index contributed by atoms with van der Waals surface area (Å²) in [6.07, 6.45) is -4.13. The molecule has 1 saturated carbocycles. The molecule has 4 N–H and O–H groups in total. The predicted molar refractivity (Wildman–Crippen MR) is 116 cm³/mol. The molecule has 3 heterocycles. The van der Waals surface area contributed by atoms with Crippen LogP contribution in [0, 0.1) is 5.92 Å². The lowest BCUT2D eigenvalue weighted by molar-refractivity contribution is -0.161. The number of amides is 2.